The second kappa shape index (κ2) is 5.82. The number of nitrogens with zero attached hydrogens (tertiary/aromatic N) is 1. The maximum Gasteiger partial charge on any atom is 0.0739 e. The van der Waals surface area contributed by atoms with Crippen LogP contribution >= 0.6 is 11.6 Å². The first-order valence-electron chi connectivity index (χ1n) is 6.76. The molecule has 0 aliphatic rings. The predicted molar refractivity (Wildman–Crippen MR) is 87.1 cm³/mol. The SMILES string of the molecule is Cc1cccc(C(NN)c2cnc3ccccc3c2)c1Cl. The fourth-order valence-electron chi connectivity index (χ4n) is 2.50. The van der Waals surface area contributed by atoms with Gasteiger partial charge in [-0.15, -0.1) is 0 Å². The molecule has 1 unspecified atom stereocenters. The van der Waals surface area contributed by atoms with Crippen molar-refractivity contribution in [3.05, 3.63) is 76.4 Å². The summed E-state index contributed by atoms with van der Waals surface area (Å²) in [4.78, 5) is 4.49. The Hall–Kier alpha value is -1.94. The molecule has 0 bridgehead atoms. The first-order chi connectivity index (χ1) is 10.2. The number of nitrogens with one attached hydrogen (secondary N) is 1. The van der Waals surface area contributed by atoms with Crippen molar-refractivity contribution in [1.29, 1.82) is 0 Å². The smallest absolute Gasteiger partial charge is 0.0739 e. The molecule has 3 nitrogen and oxygen atoms in total. The fourth-order valence-corrected chi connectivity index (χ4v) is 2.74. The van der Waals surface area contributed by atoms with Gasteiger partial charge in [-0.25, -0.2) is 5.43 Å². The van der Waals surface area contributed by atoms with Gasteiger partial charge in [-0.1, -0.05) is 48.0 Å². The zero-order valence-corrected chi connectivity index (χ0v) is 12.4. The van der Waals surface area contributed by atoms with Gasteiger partial charge in [0.15, 0.2) is 0 Å². The molecule has 1 atom stereocenters. The van der Waals surface area contributed by atoms with Crippen LogP contribution in [0.25, 0.3) is 10.9 Å². The van der Waals surface area contributed by atoms with E-state index in [0.29, 0.717) is 0 Å². The highest BCUT2D eigenvalue weighted by molar-refractivity contribution is 6.32. The number of aromatic nitrogens is 1. The molecule has 0 aliphatic carbocycles. The lowest BCUT2D eigenvalue weighted by Crippen LogP contribution is -2.29. The van der Waals surface area contributed by atoms with Crippen LogP contribution in [0.15, 0.2) is 54.7 Å². The summed E-state index contributed by atoms with van der Waals surface area (Å²) in [6.45, 7) is 1.98. The molecule has 3 aromatic rings. The highest BCUT2D eigenvalue weighted by atomic mass is 35.5. The molecular formula is C17H16ClN3. The molecule has 0 saturated heterocycles. The van der Waals surface area contributed by atoms with Crippen LogP contribution in [0.2, 0.25) is 5.02 Å². The van der Waals surface area contributed by atoms with E-state index in [0.717, 1.165) is 32.6 Å². The standard InChI is InChI=1S/C17H16ClN3/c1-11-5-4-7-14(16(11)18)17(21-19)13-9-12-6-2-3-8-15(12)20-10-13/h2-10,17,21H,19H2,1H3. The van der Waals surface area contributed by atoms with Gasteiger partial charge in [0, 0.05) is 16.6 Å². The number of hydrazine groups is 1. The largest absolute Gasteiger partial charge is 0.271 e. The van der Waals surface area contributed by atoms with Gasteiger partial charge in [-0.05, 0) is 35.7 Å². The zero-order valence-electron chi connectivity index (χ0n) is 11.7. The van der Waals surface area contributed by atoms with E-state index in [1.54, 1.807) is 0 Å². The summed E-state index contributed by atoms with van der Waals surface area (Å²) in [7, 11) is 0. The van der Waals surface area contributed by atoms with Gasteiger partial charge in [0.2, 0.25) is 0 Å². The van der Waals surface area contributed by atoms with Crippen LogP contribution in [-0.2, 0) is 0 Å². The molecule has 1 aromatic heterocycles. The maximum absolute atomic E-state index is 6.42. The summed E-state index contributed by atoms with van der Waals surface area (Å²) in [5, 5.41) is 1.81. The lowest BCUT2D eigenvalue weighted by Gasteiger charge is -2.19. The van der Waals surface area contributed by atoms with Crippen molar-refractivity contribution in [3.8, 4) is 0 Å². The predicted octanol–water partition coefficient (Wildman–Crippen LogP) is 3.75. The van der Waals surface area contributed by atoms with Crippen LogP contribution < -0.4 is 11.3 Å². The molecule has 4 heteroatoms. The minimum absolute atomic E-state index is 0.186. The van der Waals surface area contributed by atoms with Gasteiger partial charge >= 0.3 is 0 Å². The number of fused-ring (bicyclic) bond motifs is 1. The van der Waals surface area contributed by atoms with E-state index in [1.165, 1.54) is 0 Å². The molecule has 2 aromatic carbocycles. The molecule has 1 heterocycles. The minimum atomic E-state index is -0.186. The average Bonchev–Trinajstić information content (AvgIpc) is 2.52. The third kappa shape index (κ3) is 2.63. The van der Waals surface area contributed by atoms with Crippen molar-refractivity contribution < 1.29 is 0 Å². The summed E-state index contributed by atoms with van der Waals surface area (Å²) in [5.74, 6) is 5.76. The lowest BCUT2D eigenvalue weighted by molar-refractivity contribution is 0.635. The quantitative estimate of drug-likeness (QED) is 0.572. The topological polar surface area (TPSA) is 50.9 Å². The number of aryl methyl sites for hydroxylation is 1. The Morgan fingerprint density at radius 3 is 2.76 bits per heavy atom. The highest BCUT2D eigenvalue weighted by Gasteiger charge is 2.17. The monoisotopic (exact) mass is 297 g/mol. The summed E-state index contributed by atoms with van der Waals surface area (Å²) < 4.78 is 0. The number of benzene rings is 2. The van der Waals surface area contributed by atoms with Crippen molar-refractivity contribution >= 4 is 22.5 Å². The van der Waals surface area contributed by atoms with Crippen LogP contribution in [0.3, 0.4) is 0 Å². The number of pyridine rings is 1. The number of hydrogen-bond acceptors (Lipinski definition) is 3. The van der Waals surface area contributed by atoms with Crippen molar-refractivity contribution in [2.24, 2.45) is 5.84 Å². The molecule has 0 amide bonds. The Kier molecular flexibility index (Phi) is 3.88. The average molecular weight is 298 g/mol. The third-order valence-corrected chi connectivity index (χ3v) is 4.16. The normalized spacial score (nSPS) is 12.5. The fraction of sp³-hybridized carbons (Fsp3) is 0.118. The van der Waals surface area contributed by atoms with Gasteiger partial charge in [0.1, 0.15) is 0 Å². The van der Waals surface area contributed by atoms with E-state index in [4.69, 9.17) is 17.4 Å². The summed E-state index contributed by atoms with van der Waals surface area (Å²) in [5.41, 5.74) is 6.78. The maximum atomic E-state index is 6.42. The number of para-hydroxylation sites is 1. The Morgan fingerprint density at radius 1 is 1.14 bits per heavy atom. The molecule has 0 spiro atoms. The van der Waals surface area contributed by atoms with Crippen LogP contribution in [-0.4, -0.2) is 4.98 Å². The van der Waals surface area contributed by atoms with Gasteiger partial charge in [0.25, 0.3) is 0 Å². The second-order valence-corrected chi connectivity index (χ2v) is 5.42. The van der Waals surface area contributed by atoms with E-state index >= 15 is 0 Å². The van der Waals surface area contributed by atoms with Crippen LogP contribution in [0.4, 0.5) is 0 Å². The molecule has 0 radical (unpaired) electrons. The molecule has 0 fully saturated rings. The minimum Gasteiger partial charge on any atom is -0.271 e. The van der Waals surface area contributed by atoms with Gasteiger partial charge < -0.3 is 0 Å². The van der Waals surface area contributed by atoms with Crippen LogP contribution in [0.5, 0.6) is 0 Å². The molecule has 3 rings (SSSR count). The van der Waals surface area contributed by atoms with Crippen molar-refractivity contribution in [2.75, 3.05) is 0 Å². The summed E-state index contributed by atoms with van der Waals surface area (Å²) in [6, 6.07) is 15.9. The first-order valence-corrected chi connectivity index (χ1v) is 7.14. The van der Waals surface area contributed by atoms with E-state index in [1.807, 2.05) is 55.6 Å². The van der Waals surface area contributed by atoms with Crippen molar-refractivity contribution in [2.45, 2.75) is 13.0 Å². The Balaban J connectivity index is 2.11. The Labute approximate surface area is 128 Å². The number of rotatable bonds is 3. The first kappa shape index (κ1) is 14.0. The second-order valence-electron chi connectivity index (χ2n) is 5.04. The van der Waals surface area contributed by atoms with E-state index in [2.05, 4.69) is 16.5 Å². The molecular weight excluding hydrogens is 282 g/mol. The number of halogens is 1. The van der Waals surface area contributed by atoms with Crippen LogP contribution in [0.1, 0.15) is 22.7 Å². The van der Waals surface area contributed by atoms with Gasteiger partial charge in [-0.2, -0.15) is 0 Å². The third-order valence-electron chi connectivity index (χ3n) is 3.64. The molecule has 0 aliphatic heterocycles. The van der Waals surface area contributed by atoms with E-state index in [-0.39, 0.29) is 6.04 Å². The van der Waals surface area contributed by atoms with Gasteiger partial charge in [-0.3, -0.25) is 10.8 Å². The molecule has 21 heavy (non-hydrogen) atoms. The summed E-state index contributed by atoms with van der Waals surface area (Å²) in [6.07, 6.45) is 1.84. The Bertz CT molecular complexity index is 786. The molecule has 0 saturated carbocycles. The lowest BCUT2D eigenvalue weighted by atomic mass is 9.98. The van der Waals surface area contributed by atoms with Crippen molar-refractivity contribution in [1.82, 2.24) is 10.4 Å². The van der Waals surface area contributed by atoms with Gasteiger partial charge in [0.05, 0.1) is 11.6 Å². The van der Waals surface area contributed by atoms with Crippen molar-refractivity contribution in [3.63, 3.8) is 0 Å². The molecule has 106 valence electrons. The van der Waals surface area contributed by atoms with E-state index < -0.39 is 0 Å². The Morgan fingerprint density at radius 2 is 1.95 bits per heavy atom. The van der Waals surface area contributed by atoms with Crippen LogP contribution in [0, 0.1) is 6.92 Å². The number of nitrogens with two attached hydrogens (primary N) is 1. The molecule has 3 N–H and O–H groups in total. The number of hydrogen-bond donors (Lipinski definition) is 2. The zero-order chi connectivity index (χ0) is 14.8. The summed E-state index contributed by atoms with van der Waals surface area (Å²) >= 11 is 6.42. The highest BCUT2D eigenvalue weighted by Crippen LogP contribution is 2.30. The van der Waals surface area contributed by atoms with E-state index in [9.17, 15) is 0 Å².